The predicted molar refractivity (Wildman–Crippen MR) is 89.7 cm³/mol. The lowest BCUT2D eigenvalue weighted by Crippen LogP contribution is -2.39. The minimum absolute atomic E-state index is 0. The third-order valence-corrected chi connectivity index (χ3v) is 3.07. The zero-order chi connectivity index (χ0) is 14.2. The quantitative estimate of drug-likeness (QED) is 0.606. The molecular weight excluding hydrogens is 327 g/mol. The fourth-order valence-corrected chi connectivity index (χ4v) is 1.75. The summed E-state index contributed by atoms with van der Waals surface area (Å²) in [6.07, 6.45) is 5.67. The maximum atomic E-state index is 11.7. The average Bonchev–Trinajstić information content (AvgIpc) is 3.28. The number of aromatic nitrogens is 1. The van der Waals surface area contributed by atoms with Crippen LogP contribution in [0.1, 0.15) is 23.2 Å². The molecule has 0 saturated heterocycles. The zero-order valence-corrected chi connectivity index (χ0v) is 13.8. The number of nitrogens with one attached hydrogen (secondary N) is 3. The second-order valence-electron chi connectivity index (χ2n) is 4.92. The SMILES string of the molecule is Cl.Cl.O=C(CNCC1CC1)NCCNC(=O)c1cccnc1. The van der Waals surface area contributed by atoms with Gasteiger partial charge in [-0.05, 0) is 37.4 Å². The van der Waals surface area contributed by atoms with Crippen molar-refractivity contribution in [2.75, 3.05) is 26.2 Å². The van der Waals surface area contributed by atoms with Crippen LogP contribution in [-0.2, 0) is 4.79 Å². The van der Waals surface area contributed by atoms with Gasteiger partial charge in [0.25, 0.3) is 5.91 Å². The van der Waals surface area contributed by atoms with Crippen LogP contribution in [-0.4, -0.2) is 43.0 Å². The van der Waals surface area contributed by atoms with Crippen LogP contribution in [0.5, 0.6) is 0 Å². The van der Waals surface area contributed by atoms with Crippen LogP contribution >= 0.6 is 24.8 Å². The number of halogens is 2. The van der Waals surface area contributed by atoms with Gasteiger partial charge in [0, 0.05) is 25.5 Å². The minimum Gasteiger partial charge on any atom is -0.353 e. The van der Waals surface area contributed by atoms with Crippen molar-refractivity contribution >= 4 is 36.6 Å². The van der Waals surface area contributed by atoms with Crippen molar-refractivity contribution in [1.82, 2.24) is 20.9 Å². The van der Waals surface area contributed by atoms with E-state index >= 15 is 0 Å². The van der Waals surface area contributed by atoms with Gasteiger partial charge in [-0.2, -0.15) is 0 Å². The lowest BCUT2D eigenvalue weighted by molar-refractivity contribution is -0.120. The van der Waals surface area contributed by atoms with Crippen LogP contribution in [0.4, 0.5) is 0 Å². The van der Waals surface area contributed by atoms with Crippen LogP contribution in [0.2, 0.25) is 0 Å². The Morgan fingerprint density at radius 1 is 1.18 bits per heavy atom. The van der Waals surface area contributed by atoms with Crippen molar-refractivity contribution in [2.45, 2.75) is 12.8 Å². The molecule has 1 heterocycles. The standard InChI is InChI=1S/C14H20N4O2.2ClH/c19-13(10-16-8-11-3-4-11)17-6-7-18-14(20)12-2-1-5-15-9-12;;/h1-2,5,9,11,16H,3-4,6-8,10H2,(H,17,19)(H,18,20);2*1H. The number of nitrogens with zero attached hydrogens (tertiary/aromatic N) is 1. The van der Waals surface area contributed by atoms with Gasteiger partial charge in [0.1, 0.15) is 0 Å². The molecule has 3 N–H and O–H groups in total. The third kappa shape index (κ3) is 8.17. The molecule has 0 aromatic carbocycles. The van der Waals surface area contributed by atoms with Gasteiger partial charge in [-0.25, -0.2) is 0 Å². The molecule has 1 aliphatic rings. The maximum absolute atomic E-state index is 11.7. The van der Waals surface area contributed by atoms with E-state index in [1.54, 1.807) is 18.3 Å². The Bertz CT molecular complexity index is 455. The molecule has 1 aromatic heterocycles. The first-order valence-corrected chi connectivity index (χ1v) is 6.91. The van der Waals surface area contributed by atoms with Crippen LogP contribution in [0.15, 0.2) is 24.5 Å². The Morgan fingerprint density at radius 2 is 1.91 bits per heavy atom. The van der Waals surface area contributed by atoms with Crippen LogP contribution in [0.3, 0.4) is 0 Å². The fraction of sp³-hybridized carbons (Fsp3) is 0.500. The first-order valence-electron chi connectivity index (χ1n) is 6.91. The maximum Gasteiger partial charge on any atom is 0.252 e. The van der Waals surface area contributed by atoms with Gasteiger partial charge in [0.05, 0.1) is 12.1 Å². The van der Waals surface area contributed by atoms with Gasteiger partial charge < -0.3 is 16.0 Å². The van der Waals surface area contributed by atoms with Gasteiger partial charge in [-0.1, -0.05) is 0 Å². The lowest BCUT2D eigenvalue weighted by atomic mass is 10.3. The number of hydrogen-bond donors (Lipinski definition) is 3. The van der Waals surface area contributed by atoms with Gasteiger partial charge in [0.15, 0.2) is 0 Å². The number of rotatable bonds is 8. The monoisotopic (exact) mass is 348 g/mol. The predicted octanol–water partition coefficient (Wildman–Crippen LogP) is 0.771. The average molecular weight is 349 g/mol. The molecule has 22 heavy (non-hydrogen) atoms. The molecule has 1 saturated carbocycles. The van der Waals surface area contributed by atoms with E-state index in [0.29, 0.717) is 25.2 Å². The van der Waals surface area contributed by atoms with Gasteiger partial charge in [0.2, 0.25) is 5.91 Å². The second kappa shape index (κ2) is 11.2. The topological polar surface area (TPSA) is 83.1 Å². The molecule has 0 bridgehead atoms. The second-order valence-corrected chi connectivity index (χ2v) is 4.92. The Balaban J connectivity index is 0.00000220. The Hall–Kier alpha value is -1.37. The molecule has 1 aliphatic carbocycles. The van der Waals surface area contributed by atoms with E-state index < -0.39 is 0 Å². The molecule has 1 fully saturated rings. The van der Waals surface area contributed by atoms with Crippen molar-refractivity contribution < 1.29 is 9.59 Å². The van der Waals surface area contributed by atoms with Crippen molar-refractivity contribution in [3.63, 3.8) is 0 Å². The van der Waals surface area contributed by atoms with E-state index in [1.165, 1.54) is 19.0 Å². The highest BCUT2D eigenvalue weighted by Gasteiger charge is 2.20. The molecule has 0 unspecified atom stereocenters. The molecule has 2 rings (SSSR count). The van der Waals surface area contributed by atoms with E-state index in [4.69, 9.17) is 0 Å². The summed E-state index contributed by atoms with van der Waals surface area (Å²) >= 11 is 0. The summed E-state index contributed by atoms with van der Waals surface area (Å²) in [6.45, 7) is 2.09. The largest absolute Gasteiger partial charge is 0.353 e. The minimum atomic E-state index is -0.181. The molecule has 0 radical (unpaired) electrons. The van der Waals surface area contributed by atoms with E-state index in [2.05, 4.69) is 20.9 Å². The van der Waals surface area contributed by atoms with E-state index in [0.717, 1.165) is 12.5 Å². The van der Waals surface area contributed by atoms with Crippen LogP contribution in [0, 0.1) is 5.92 Å². The summed E-state index contributed by atoms with van der Waals surface area (Å²) in [5.74, 6) is 0.544. The van der Waals surface area contributed by atoms with E-state index in [9.17, 15) is 9.59 Å². The Labute approximate surface area is 142 Å². The number of carbonyl (C=O) groups excluding carboxylic acids is 2. The highest BCUT2D eigenvalue weighted by Crippen LogP contribution is 2.27. The highest BCUT2D eigenvalue weighted by molar-refractivity contribution is 5.93. The van der Waals surface area contributed by atoms with Crippen LogP contribution < -0.4 is 16.0 Å². The molecule has 124 valence electrons. The zero-order valence-electron chi connectivity index (χ0n) is 12.2. The van der Waals surface area contributed by atoms with Crippen LogP contribution in [0.25, 0.3) is 0 Å². The van der Waals surface area contributed by atoms with Gasteiger partial charge >= 0.3 is 0 Å². The lowest BCUT2D eigenvalue weighted by Gasteiger charge is -2.07. The highest BCUT2D eigenvalue weighted by atomic mass is 35.5. The summed E-state index contributed by atoms with van der Waals surface area (Å²) in [5.41, 5.74) is 0.518. The summed E-state index contributed by atoms with van der Waals surface area (Å²) in [5, 5.41) is 8.59. The Morgan fingerprint density at radius 3 is 2.55 bits per heavy atom. The molecular formula is C14H22Cl2N4O2. The number of pyridine rings is 1. The third-order valence-electron chi connectivity index (χ3n) is 3.07. The molecule has 8 heteroatoms. The summed E-state index contributed by atoms with van der Waals surface area (Å²) in [6, 6.07) is 3.41. The molecule has 6 nitrogen and oxygen atoms in total. The number of amides is 2. The van der Waals surface area contributed by atoms with Gasteiger partial charge in [-0.3, -0.25) is 14.6 Å². The van der Waals surface area contributed by atoms with E-state index in [1.807, 2.05) is 0 Å². The van der Waals surface area contributed by atoms with Gasteiger partial charge in [-0.15, -0.1) is 24.8 Å². The Kier molecular flexibility index (Phi) is 10.5. The molecule has 1 aromatic rings. The number of carbonyl (C=O) groups is 2. The van der Waals surface area contributed by atoms with E-state index in [-0.39, 0.29) is 36.6 Å². The molecule has 0 spiro atoms. The first kappa shape index (κ1) is 20.6. The van der Waals surface area contributed by atoms with Crippen molar-refractivity contribution in [2.24, 2.45) is 5.92 Å². The summed E-state index contributed by atoms with van der Waals surface area (Å²) in [4.78, 5) is 27.0. The fourth-order valence-electron chi connectivity index (χ4n) is 1.75. The summed E-state index contributed by atoms with van der Waals surface area (Å²) < 4.78 is 0. The normalized spacial score (nSPS) is 12.5. The van der Waals surface area contributed by atoms with Crippen molar-refractivity contribution in [3.8, 4) is 0 Å². The molecule has 0 atom stereocenters. The first-order chi connectivity index (χ1) is 9.75. The number of hydrogen-bond acceptors (Lipinski definition) is 4. The van der Waals surface area contributed by atoms with Crippen molar-refractivity contribution in [3.05, 3.63) is 30.1 Å². The summed E-state index contributed by atoms with van der Waals surface area (Å²) in [7, 11) is 0. The molecule has 0 aliphatic heterocycles. The molecule has 2 amide bonds. The van der Waals surface area contributed by atoms with Crippen molar-refractivity contribution in [1.29, 1.82) is 0 Å². The smallest absolute Gasteiger partial charge is 0.252 e.